The molecule has 0 aliphatic carbocycles. The molecule has 3 nitrogen and oxygen atoms in total. The summed E-state index contributed by atoms with van der Waals surface area (Å²) in [4.78, 5) is 0. The maximum Gasteiger partial charge on any atom is 0.417 e. The molecule has 102 valence electrons. The summed E-state index contributed by atoms with van der Waals surface area (Å²) in [7, 11) is 0. The molecule has 2 N–H and O–H groups in total. The quantitative estimate of drug-likeness (QED) is 0.827. The van der Waals surface area contributed by atoms with Crippen LogP contribution in [-0.4, -0.2) is 17.3 Å². The number of nitriles is 1. The van der Waals surface area contributed by atoms with Crippen LogP contribution in [0.4, 0.5) is 18.9 Å². The topological polar surface area (TPSA) is 56.0 Å². The van der Waals surface area contributed by atoms with E-state index in [9.17, 15) is 18.3 Å². The highest BCUT2D eigenvalue weighted by molar-refractivity contribution is 5.53. The number of hydrogen-bond donors (Lipinski definition) is 2. The summed E-state index contributed by atoms with van der Waals surface area (Å²) in [5.74, 6) is 0. The Morgan fingerprint density at radius 1 is 1.47 bits per heavy atom. The van der Waals surface area contributed by atoms with Crippen molar-refractivity contribution in [1.29, 1.82) is 5.26 Å². The van der Waals surface area contributed by atoms with E-state index in [-0.39, 0.29) is 5.69 Å². The number of hydrogen-bond acceptors (Lipinski definition) is 3. The van der Waals surface area contributed by atoms with E-state index in [1.807, 2.05) is 0 Å². The third kappa shape index (κ3) is 3.73. The van der Waals surface area contributed by atoms with E-state index >= 15 is 0 Å². The lowest BCUT2D eigenvalue weighted by Crippen LogP contribution is -2.28. The fourth-order valence-corrected chi connectivity index (χ4v) is 1.52. The van der Waals surface area contributed by atoms with Crippen LogP contribution < -0.4 is 5.32 Å². The predicted octanol–water partition coefficient (Wildman–Crippen LogP) is 2.92. The molecule has 0 unspecified atom stereocenters. The second kappa shape index (κ2) is 5.76. The second-order valence-electron chi connectivity index (χ2n) is 4.03. The van der Waals surface area contributed by atoms with Crippen LogP contribution in [0.1, 0.15) is 18.1 Å². The van der Waals surface area contributed by atoms with E-state index in [1.165, 1.54) is 18.2 Å². The molecule has 0 saturated carbocycles. The van der Waals surface area contributed by atoms with Crippen molar-refractivity contribution in [2.45, 2.75) is 25.2 Å². The number of halogens is 3. The Bertz CT molecular complexity index is 506. The highest BCUT2D eigenvalue weighted by atomic mass is 19.4. The summed E-state index contributed by atoms with van der Waals surface area (Å²) in [5.41, 5.74) is -1.25. The van der Waals surface area contributed by atoms with Gasteiger partial charge in [0, 0.05) is 5.69 Å². The van der Waals surface area contributed by atoms with Gasteiger partial charge in [0.05, 0.1) is 29.3 Å². The first kappa shape index (κ1) is 15.1. The molecule has 1 rings (SSSR count). The molecule has 0 aliphatic rings. The fraction of sp³-hybridized carbons (Fsp3) is 0.308. The molecular formula is C13H13F3N2O. The molecule has 6 heteroatoms. The van der Waals surface area contributed by atoms with E-state index in [0.29, 0.717) is 0 Å². The van der Waals surface area contributed by atoms with Gasteiger partial charge in [0.2, 0.25) is 0 Å². The first-order valence-corrected chi connectivity index (χ1v) is 5.48. The lowest BCUT2D eigenvalue weighted by atomic mass is 10.1. The molecule has 0 bridgehead atoms. The van der Waals surface area contributed by atoms with Crippen LogP contribution in [0.25, 0.3) is 0 Å². The minimum absolute atomic E-state index is 0.180. The minimum atomic E-state index is -4.59. The molecule has 0 radical (unpaired) electrons. The highest BCUT2D eigenvalue weighted by Crippen LogP contribution is 2.33. The normalized spacial score (nSPS) is 14.3. The third-order valence-corrected chi connectivity index (χ3v) is 2.59. The zero-order chi connectivity index (χ0) is 14.6. The van der Waals surface area contributed by atoms with E-state index in [4.69, 9.17) is 5.26 Å². The minimum Gasteiger partial charge on any atom is -0.387 e. The molecule has 0 amide bonds. The van der Waals surface area contributed by atoms with Crippen LogP contribution in [-0.2, 0) is 6.18 Å². The average molecular weight is 270 g/mol. The number of aliphatic hydroxyl groups excluding tert-OH is 1. The van der Waals surface area contributed by atoms with Gasteiger partial charge in [0.25, 0.3) is 0 Å². The van der Waals surface area contributed by atoms with Crippen LogP contribution in [0.3, 0.4) is 0 Å². The molecule has 0 aromatic heterocycles. The first-order valence-electron chi connectivity index (χ1n) is 5.48. The van der Waals surface area contributed by atoms with Crippen molar-refractivity contribution in [2.75, 3.05) is 5.32 Å². The second-order valence-corrected chi connectivity index (χ2v) is 4.03. The molecule has 2 atom stereocenters. The predicted molar refractivity (Wildman–Crippen MR) is 65.4 cm³/mol. The Labute approximate surface area is 109 Å². The van der Waals surface area contributed by atoms with Crippen molar-refractivity contribution in [1.82, 2.24) is 0 Å². The van der Waals surface area contributed by atoms with Gasteiger partial charge in [-0.3, -0.25) is 0 Å². The van der Waals surface area contributed by atoms with Crippen LogP contribution in [0.5, 0.6) is 0 Å². The molecule has 19 heavy (non-hydrogen) atoms. The van der Waals surface area contributed by atoms with Gasteiger partial charge in [-0.1, -0.05) is 6.08 Å². The maximum atomic E-state index is 12.7. The summed E-state index contributed by atoms with van der Waals surface area (Å²) < 4.78 is 38.2. The van der Waals surface area contributed by atoms with Gasteiger partial charge in [-0.25, -0.2) is 0 Å². The van der Waals surface area contributed by atoms with Crippen molar-refractivity contribution in [2.24, 2.45) is 0 Å². The third-order valence-electron chi connectivity index (χ3n) is 2.59. The van der Waals surface area contributed by atoms with E-state index in [1.54, 1.807) is 6.92 Å². The molecule has 1 aromatic carbocycles. The Hall–Kier alpha value is -2.00. The van der Waals surface area contributed by atoms with Crippen molar-refractivity contribution in [3.05, 3.63) is 42.0 Å². The van der Waals surface area contributed by atoms with Gasteiger partial charge < -0.3 is 10.4 Å². The molecule has 0 spiro atoms. The summed E-state index contributed by atoms with van der Waals surface area (Å²) in [6.45, 7) is 5.00. The lowest BCUT2D eigenvalue weighted by Gasteiger charge is -2.19. The number of nitrogens with zero attached hydrogens (tertiary/aromatic N) is 1. The molecule has 0 aliphatic heterocycles. The molecular weight excluding hydrogens is 257 g/mol. The number of alkyl halides is 3. The Balaban J connectivity index is 3.06. The zero-order valence-corrected chi connectivity index (χ0v) is 10.2. The summed E-state index contributed by atoms with van der Waals surface area (Å²) >= 11 is 0. The molecule has 0 fully saturated rings. The van der Waals surface area contributed by atoms with Crippen LogP contribution in [0.15, 0.2) is 30.9 Å². The molecule has 1 aromatic rings. The Kier molecular flexibility index (Phi) is 4.57. The van der Waals surface area contributed by atoms with Gasteiger partial charge in [-0.15, -0.1) is 6.58 Å². The average Bonchev–Trinajstić information content (AvgIpc) is 2.36. The van der Waals surface area contributed by atoms with Crippen LogP contribution >= 0.6 is 0 Å². The Morgan fingerprint density at radius 2 is 2.11 bits per heavy atom. The van der Waals surface area contributed by atoms with Crippen molar-refractivity contribution >= 4 is 5.69 Å². The molecule has 0 heterocycles. The SMILES string of the molecule is C=C[C@H](O)[C@H](C)Nc1ccc(C#N)c(C(F)(F)F)c1. The van der Waals surface area contributed by atoms with Gasteiger partial charge in [-0.05, 0) is 25.1 Å². The Morgan fingerprint density at radius 3 is 2.58 bits per heavy atom. The van der Waals surface area contributed by atoms with Crippen molar-refractivity contribution in [3.8, 4) is 6.07 Å². The lowest BCUT2D eigenvalue weighted by molar-refractivity contribution is -0.137. The number of rotatable bonds is 4. The summed E-state index contributed by atoms with van der Waals surface area (Å²) in [6.07, 6.45) is -4.19. The zero-order valence-electron chi connectivity index (χ0n) is 10.2. The van der Waals surface area contributed by atoms with E-state index < -0.39 is 29.4 Å². The first-order chi connectivity index (χ1) is 8.79. The van der Waals surface area contributed by atoms with Crippen molar-refractivity contribution < 1.29 is 18.3 Å². The highest BCUT2D eigenvalue weighted by Gasteiger charge is 2.33. The van der Waals surface area contributed by atoms with Crippen LogP contribution in [0, 0.1) is 11.3 Å². The largest absolute Gasteiger partial charge is 0.417 e. The molecule has 0 saturated heterocycles. The standard InChI is InChI=1S/C13H13F3N2O/c1-3-12(19)8(2)18-10-5-4-9(7-17)11(6-10)13(14,15)16/h3-6,8,12,18-19H,1H2,2H3/t8-,12-/m0/s1. The van der Waals surface area contributed by atoms with E-state index in [0.717, 1.165) is 12.1 Å². The van der Waals surface area contributed by atoms with Gasteiger partial charge in [0.1, 0.15) is 0 Å². The number of nitrogens with one attached hydrogen (secondary N) is 1. The van der Waals surface area contributed by atoms with Gasteiger partial charge in [0.15, 0.2) is 0 Å². The van der Waals surface area contributed by atoms with Gasteiger partial charge >= 0.3 is 6.18 Å². The monoisotopic (exact) mass is 270 g/mol. The summed E-state index contributed by atoms with van der Waals surface area (Å²) in [5, 5.41) is 20.8. The smallest absolute Gasteiger partial charge is 0.387 e. The van der Waals surface area contributed by atoms with Crippen LogP contribution in [0.2, 0.25) is 0 Å². The maximum absolute atomic E-state index is 12.7. The number of anilines is 1. The van der Waals surface area contributed by atoms with Gasteiger partial charge in [-0.2, -0.15) is 18.4 Å². The number of benzene rings is 1. The van der Waals surface area contributed by atoms with E-state index in [2.05, 4.69) is 11.9 Å². The van der Waals surface area contributed by atoms with Crippen molar-refractivity contribution in [3.63, 3.8) is 0 Å². The summed E-state index contributed by atoms with van der Waals surface area (Å²) in [6, 6.07) is 4.32. The fourth-order valence-electron chi connectivity index (χ4n) is 1.52. The number of aliphatic hydroxyl groups is 1.